The number of hydrogen-bond donors (Lipinski definition) is 2. The maximum absolute atomic E-state index is 6.03. The number of H-pyrrole nitrogens is 1. The molecule has 2 fully saturated rings. The standard InChI is InChI=1S/C16H16ClN7.C4H8O/c1-19-14(18)13-16(21-5-4-20-13)24-7-9(8-24)15-22-11-3-2-10(17)6-12(11)23-15;1-2-4-5-3-1/h2-6,9H,7-8H2,1H3,(H2,18,19)(H,22,23);1-4H2. The van der Waals surface area contributed by atoms with Gasteiger partial charge in [-0.1, -0.05) is 11.6 Å². The Morgan fingerprint density at radius 2 is 2.00 bits per heavy atom. The van der Waals surface area contributed by atoms with Gasteiger partial charge in [-0.2, -0.15) is 0 Å². The van der Waals surface area contributed by atoms with Gasteiger partial charge in [-0.05, 0) is 31.0 Å². The summed E-state index contributed by atoms with van der Waals surface area (Å²) in [6.45, 7) is 3.60. The van der Waals surface area contributed by atoms with Crippen LogP contribution in [0.1, 0.15) is 30.3 Å². The van der Waals surface area contributed by atoms with E-state index in [2.05, 4.69) is 29.8 Å². The van der Waals surface area contributed by atoms with Crippen LogP contribution in [0.15, 0.2) is 35.6 Å². The molecule has 1 aromatic carbocycles. The third-order valence-electron chi connectivity index (χ3n) is 5.02. The smallest absolute Gasteiger partial charge is 0.158 e. The number of nitrogens with two attached hydrogens (primary N) is 1. The first-order valence-electron chi connectivity index (χ1n) is 9.67. The van der Waals surface area contributed by atoms with Gasteiger partial charge in [0.15, 0.2) is 5.82 Å². The Morgan fingerprint density at radius 3 is 2.69 bits per heavy atom. The molecule has 3 aromatic rings. The van der Waals surface area contributed by atoms with E-state index in [1.807, 2.05) is 18.2 Å². The summed E-state index contributed by atoms with van der Waals surface area (Å²) < 4.78 is 4.94. The average molecular weight is 414 g/mol. The van der Waals surface area contributed by atoms with Gasteiger partial charge in [0.1, 0.15) is 17.4 Å². The van der Waals surface area contributed by atoms with E-state index in [-0.39, 0.29) is 0 Å². The molecule has 4 heterocycles. The average Bonchev–Trinajstić information content (AvgIpc) is 3.39. The molecule has 8 nitrogen and oxygen atoms in total. The number of imidazole rings is 1. The summed E-state index contributed by atoms with van der Waals surface area (Å²) in [5.41, 5.74) is 8.42. The third kappa shape index (κ3) is 4.33. The number of halogens is 1. The number of anilines is 1. The second-order valence-electron chi connectivity index (χ2n) is 7.04. The zero-order valence-corrected chi connectivity index (χ0v) is 17.1. The number of nitrogens with zero attached hydrogens (tertiary/aromatic N) is 5. The number of hydrogen-bond acceptors (Lipinski definition) is 6. The van der Waals surface area contributed by atoms with Gasteiger partial charge >= 0.3 is 0 Å². The Hall–Kier alpha value is -2.71. The summed E-state index contributed by atoms with van der Waals surface area (Å²) in [7, 11) is 1.65. The normalized spacial score (nSPS) is 17.2. The zero-order valence-electron chi connectivity index (χ0n) is 16.3. The van der Waals surface area contributed by atoms with Crippen molar-refractivity contribution in [2.24, 2.45) is 10.7 Å². The van der Waals surface area contributed by atoms with Gasteiger partial charge in [0, 0.05) is 50.8 Å². The van der Waals surface area contributed by atoms with Crippen molar-refractivity contribution in [2.75, 3.05) is 38.3 Å². The molecule has 5 rings (SSSR count). The minimum atomic E-state index is 0.311. The fourth-order valence-corrected chi connectivity index (χ4v) is 3.55. The number of rotatable bonds is 3. The molecule has 9 heteroatoms. The lowest BCUT2D eigenvalue weighted by molar-refractivity contribution is 0.198. The van der Waals surface area contributed by atoms with Crippen LogP contribution in [0.5, 0.6) is 0 Å². The number of benzene rings is 1. The number of ether oxygens (including phenoxy) is 1. The molecule has 29 heavy (non-hydrogen) atoms. The SMILES string of the molecule is C1CCOC1.CN=C(N)c1nccnc1N1CC(c2nc3ccc(Cl)cc3[nH]2)C1. The first kappa shape index (κ1) is 19.6. The summed E-state index contributed by atoms with van der Waals surface area (Å²) in [4.78, 5) is 22.8. The summed E-state index contributed by atoms with van der Waals surface area (Å²) in [6, 6.07) is 5.66. The van der Waals surface area contributed by atoms with E-state index in [4.69, 9.17) is 22.1 Å². The van der Waals surface area contributed by atoms with Crippen LogP contribution >= 0.6 is 11.6 Å². The lowest BCUT2D eigenvalue weighted by Crippen LogP contribution is -2.47. The predicted octanol–water partition coefficient (Wildman–Crippen LogP) is 2.74. The van der Waals surface area contributed by atoms with E-state index in [1.165, 1.54) is 12.8 Å². The Labute approximate surface area is 174 Å². The largest absolute Gasteiger partial charge is 0.382 e. The van der Waals surface area contributed by atoms with Crippen LogP contribution in [-0.4, -0.2) is 59.1 Å². The number of aromatic amines is 1. The fourth-order valence-electron chi connectivity index (χ4n) is 3.38. The van der Waals surface area contributed by atoms with E-state index in [0.717, 1.165) is 49.0 Å². The Bertz CT molecular complexity index is 1000. The van der Waals surface area contributed by atoms with Crippen LogP contribution in [-0.2, 0) is 4.74 Å². The van der Waals surface area contributed by atoms with Crippen molar-refractivity contribution in [1.82, 2.24) is 19.9 Å². The van der Waals surface area contributed by atoms with Gasteiger partial charge in [-0.15, -0.1) is 0 Å². The highest BCUT2D eigenvalue weighted by atomic mass is 35.5. The Morgan fingerprint density at radius 1 is 1.24 bits per heavy atom. The summed E-state index contributed by atoms with van der Waals surface area (Å²) in [5.74, 6) is 2.42. The van der Waals surface area contributed by atoms with Crippen molar-refractivity contribution in [1.29, 1.82) is 0 Å². The van der Waals surface area contributed by atoms with Crippen LogP contribution in [0, 0.1) is 0 Å². The molecule has 2 saturated heterocycles. The maximum atomic E-state index is 6.03. The topological polar surface area (TPSA) is 105 Å². The molecular formula is C20H24ClN7O. The van der Waals surface area contributed by atoms with E-state index >= 15 is 0 Å². The lowest BCUT2D eigenvalue weighted by Gasteiger charge is -2.39. The van der Waals surface area contributed by atoms with Gasteiger partial charge in [-0.25, -0.2) is 15.0 Å². The highest BCUT2D eigenvalue weighted by Gasteiger charge is 2.33. The van der Waals surface area contributed by atoms with Gasteiger partial charge in [0.25, 0.3) is 0 Å². The molecule has 0 spiro atoms. The minimum absolute atomic E-state index is 0.311. The molecular weight excluding hydrogens is 390 g/mol. The first-order valence-corrected chi connectivity index (χ1v) is 10.0. The number of amidine groups is 1. The van der Waals surface area contributed by atoms with Crippen molar-refractivity contribution < 1.29 is 4.74 Å². The quantitative estimate of drug-likeness (QED) is 0.505. The van der Waals surface area contributed by atoms with Gasteiger partial charge in [0.05, 0.1) is 17.0 Å². The van der Waals surface area contributed by atoms with Crippen molar-refractivity contribution in [3.8, 4) is 0 Å². The molecule has 0 atom stereocenters. The van der Waals surface area contributed by atoms with Gasteiger partial charge < -0.3 is 20.4 Å². The number of aliphatic imine (C=N–C) groups is 1. The Balaban J connectivity index is 0.000000359. The molecule has 0 amide bonds. The minimum Gasteiger partial charge on any atom is -0.382 e. The molecule has 0 bridgehead atoms. The van der Waals surface area contributed by atoms with Crippen LogP contribution in [0.4, 0.5) is 5.82 Å². The van der Waals surface area contributed by atoms with Crippen molar-refractivity contribution in [2.45, 2.75) is 18.8 Å². The van der Waals surface area contributed by atoms with E-state index in [0.29, 0.717) is 22.5 Å². The lowest BCUT2D eigenvalue weighted by atomic mass is 9.99. The molecule has 2 aliphatic rings. The third-order valence-corrected chi connectivity index (χ3v) is 5.25. The summed E-state index contributed by atoms with van der Waals surface area (Å²) in [6.07, 6.45) is 5.84. The van der Waals surface area contributed by atoms with Gasteiger partial charge in [0.2, 0.25) is 0 Å². The second kappa shape index (κ2) is 8.75. The molecule has 2 aliphatic heterocycles. The van der Waals surface area contributed by atoms with E-state index in [9.17, 15) is 0 Å². The molecule has 2 aromatic heterocycles. The molecule has 0 saturated carbocycles. The summed E-state index contributed by atoms with van der Waals surface area (Å²) in [5, 5.41) is 0.700. The van der Waals surface area contributed by atoms with Crippen LogP contribution in [0.2, 0.25) is 5.02 Å². The fraction of sp³-hybridized carbons (Fsp3) is 0.400. The number of aromatic nitrogens is 4. The van der Waals surface area contributed by atoms with Crippen LogP contribution in [0.3, 0.4) is 0 Å². The van der Waals surface area contributed by atoms with Crippen LogP contribution < -0.4 is 10.6 Å². The zero-order chi connectivity index (χ0) is 20.2. The van der Waals surface area contributed by atoms with Crippen molar-refractivity contribution in [3.63, 3.8) is 0 Å². The second-order valence-corrected chi connectivity index (χ2v) is 7.48. The molecule has 152 valence electrons. The van der Waals surface area contributed by atoms with Gasteiger partial charge in [-0.3, -0.25) is 4.99 Å². The summed E-state index contributed by atoms with van der Waals surface area (Å²) >= 11 is 6.03. The van der Waals surface area contributed by atoms with Crippen molar-refractivity contribution >= 4 is 34.3 Å². The van der Waals surface area contributed by atoms with Crippen molar-refractivity contribution in [3.05, 3.63) is 47.1 Å². The highest BCUT2D eigenvalue weighted by molar-refractivity contribution is 6.31. The highest BCUT2D eigenvalue weighted by Crippen LogP contribution is 2.31. The first-order chi connectivity index (χ1) is 14.2. The van der Waals surface area contributed by atoms with E-state index in [1.54, 1.807) is 19.4 Å². The molecule has 0 aliphatic carbocycles. The molecule has 3 N–H and O–H groups in total. The molecule has 0 unspecified atom stereocenters. The van der Waals surface area contributed by atoms with Crippen LogP contribution in [0.25, 0.3) is 11.0 Å². The predicted molar refractivity (Wildman–Crippen MR) is 115 cm³/mol. The Kier molecular flexibility index (Phi) is 5.92. The maximum Gasteiger partial charge on any atom is 0.158 e. The van der Waals surface area contributed by atoms with E-state index < -0.39 is 0 Å². The number of fused-ring (bicyclic) bond motifs is 1. The number of nitrogens with one attached hydrogen (secondary N) is 1. The molecule has 0 radical (unpaired) electrons. The monoisotopic (exact) mass is 413 g/mol.